The second kappa shape index (κ2) is 6.84. The molecule has 0 unspecified atom stereocenters. The van der Waals surface area contributed by atoms with Gasteiger partial charge in [-0.25, -0.2) is 4.79 Å². The van der Waals surface area contributed by atoms with E-state index in [-0.39, 0.29) is 24.5 Å². The van der Waals surface area contributed by atoms with Crippen molar-refractivity contribution in [3.63, 3.8) is 0 Å². The maximum Gasteiger partial charge on any atom is 0.318 e. The number of hydrogen-bond acceptors (Lipinski definition) is 3. The third-order valence-electron chi connectivity index (χ3n) is 3.52. The van der Waals surface area contributed by atoms with Gasteiger partial charge in [-0.1, -0.05) is 5.92 Å². The molecule has 1 saturated heterocycles. The second-order valence-electron chi connectivity index (χ2n) is 5.05. The Kier molecular flexibility index (Phi) is 4.88. The van der Waals surface area contributed by atoms with Gasteiger partial charge in [0.1, 0.15) is 0 Å². The molecule has 6 nitrogen and oxygen atoms in total. The Balaban J connectivity index is 1.80. The quantitative estimate of drug-likeness (QED) is 0.849. The van der Waals surface area contributed by atoms with Crippen molar-refractivity contribution in [3.8, 4) is 12.3 Å². The van der Waals surface area contributed by atoms with E-state index in [0.717, 1.165) is 12.8 Å². The van der Waals surface area contributed by atoms with E-state index in [1.165, 1.54) is 11.2 Å². The summed E-state index contributed by atoms with van der Waals surface area (Å²) in [6.07, 6.45) is 8.11. The first-order valence-corrected chi connectivity index (χ1v) is 6.89. The number of nitrogens with one attached hydrogen (secondary N) is 1. The molecule has 0 spiro atoms. The third-order valence-corrected chi connectivity index (χ3v) is 3.52. The lowest BCUT2D eigenvalue weighted by Crippen LogP contribution is -2.49. The first-order valence-electron chi connectivity index (χ1n) is 6.89. The maximum atomic E-state index is 12.1. The smallest absolute Gasteiger partial charge is 0.318 e. The Hall–Kier alpha value is -2.42. The summed E-state index contributed by atoms with van der Waals surface area (Å²) in [7, 11) is 1.66. The second-order valence-corrected chi connectivity index (χ2v) is 5.05. The molecule has 1 fully saturated rings. The van der Waals surface area contributed by atoms with Crippen LogP contribution in [-0.2, 0) is 0 Å². The summed E-state index contributed by atoms with van der Waals surface area (Å²) in [5.74, 6) is 2.68. The number of likely N-dealkylation sites (tertiary alicyclic amines) is 1. The van der Waals surface area contributed by atoms with Crippen molar-refractivity contribution in [1.82, 2.24) is 15.1 Å². The molecule has 2 rings (SSSR count). The first-order chi connectivity index (χ1) is 10.1. The van der Waals surface area contributed by atoms with Crippen LogP contribution in [0.25, 0.3) is 0 Å². The molecule has 2 heterocycles. The van der Waals surface area contributed by atoms with Crippen molar-refractivity contribution in [1.29, 1.82) is 0 Å². The molecule has 1 aromatic heterocycles. The minimum absolute atomic E-state index is 0.0679. The van der Waals surface area contributed by atoms with Crippen molar-refractivity contribution in [2.24, 2.45) is 0 Å². The zero-order valence-electron chi connectivity index (χ0n) is 12.0. The lowest BCUT2D eigenvalue weighted by atomic mass is 10.0. The number of rotatable bonds is 3. The van der Waals surface area contributed by atoms with Gasteiger partial charge in [0.25, 0.3) is 5.91 Å². The van der Waals surface area contributed by atoms with Gasteiger partial charge in [-0.3, -0.25) is 4.79 Å². The monoisotopic (exact) mass is 289 g/mol. The van der Waals surface area contributed by atoms with E-state index < -0.39 is 0 Å². The number of carbonyl (C=O) groups is 2. The van der Waals surface area contributed by atoms with E-state index in [0.29, 0.717) is 18.8 Å². The van der Waals surface area contributed by atoms with Crippen LogP contribution in [0.15, 0.2) is 22.8 Å². The summed E-state index contributed by atoms with van der Waals surface area (Å²) < 4.78 is 5.11. The van der Waals surface area contributed by atoms with Crippen molar-refractivity contribution in [2.45, 2.75) is 18.9 Å². The Bertz CT molecular complexity index is 525. The molecule has 0 atom stereocenters. The molecule has 0 bridgehead atoms. The average molecular weight is 289 g/mol. The minimum atomic E-state index is -0.177. The molecular formula is C15H19N3O3. The molecule has 6 heteroatoms. The predicted octanol–water partition coefficient (Wildman–Crippen LogP) is 1.16. The van der Waals surface area contributed by atoms with Crippen molar-refractivity contribution in [2.75, 3.05) is 26.7 Å². The van der Waals surface area contributed by atoms with E-state index in [2.05, 4.69) is 11.2 Å². The highest BCUT2D eigenvalue weighted by Crippen LogP contribution is 2.14. The molecule has 0 aromatic carbocycles. The van der Waals surface area contributed by atoms with Crippen LogP contribution in [0.2, 0.25) is 0 Å². The molecule has 3 amide bonds. The zero-order valence-corrected chi connectivity index (χ0v) is 12.0. The van der Waals surface area contributed by atoms with Crippen LogP contribution in [0, 0.1) is 12.3 Å². The number of piperidine rings is 1. The van der Waals surface area contributed by atoms with Gasteiger partial charge in [0.15, 0.2) is 5.76 Å². The number of terminal acetylenes is 1. The SMILES string of the molecule is C#CCN(C)C(=O)NC1CCN(C(=O)c2ccco2)CC1. The normalized spacial score (nSPS) is 15.3. The largest absolute Gasteiger partial charge is 0.459 e. The van der Waals surface area contributed by atoms with Gasteiger partial charge in [-0.15, -0.1) is 6.42 Å². The Morgan fingerprint density at radius 3 is 2.81 bits per heavy atom. The van der Waals surface area contributed by atoms with Gasteiger partial charge in [0.2, 0.25) is 0 Å². The fourth-order valence-corrected chi connectivity index (χ4v) is 2.28. The van der Waals surface area contributed by atoms with Crippen LogP contribution >= 0.6 is 0 Å². The molecule has 1 N–H and O–H groups in total. The maximum absolute atomic E-state index is 12.1. The van der Waals surface area contributed by atoms with Gasteiger partial charge in [-0.2, -0.15) is 0 Å². The van der Waals surface area contributed by atoms with Gasteiger partial charge in [0.05, 0.1) is 12.8 Å². The number of urea groups is 1. The Morgan fingerprint density at radius 2 is 2.24 bits per heavy atom. The molecule has 0 saturated carbocycles. The fourth-order valence-electron chi connectivity index (χ4n) is 2.28. The Morgan fingerprint density at radius 1 is 1.52 bits per heavy atom. The van der Waals surface area contributed by atoms with E-state index in [9.17, 15) is 9.59 Å². The van der Waals surface area contributed by atoms with Crippen molar-refractivity contribution < 1.29 is 14.0 Å². The van der Waals surface area contributed by atoms with Crippen LogP contribution in [0.1, 0.15) is 23.4 Å². The van der Waals surface area contributed by atoms with E-state index in [1.807, 2.05) is 0 Å². The van der Waals surface area contributed by atoms with Crippen LogP contribution in [0.4, 0.5) is 4.79 Å². The third kappa shape index (κ3) is 3.78. The molecule has 1 aromatic rings. The zero-order chi connectivity index (χ0) is 15.2. The van der Waals surface area contributed by atoms with E-state index in [1.54, 1.807) is 24.1 Å². The van der Waals surface area contributed by atoms with Crippen molar-refractivity contribution in [3.05, 3.63) is 24.2 Å². The summed E-state index contributed by atoms with van der Waals surface area (Å²) >= 11 is 0. The number of carbonyl (C=O) groups excluding carboxylic acids is 2. The molecule has 21 heavy (non-hydrogen) atoms. The number of furan rings is 1. The summed E-state index contributed by atoms with van der Waals surface area (Å²) in [6.45, 7) is 1.48. The number of nitrogens with zero attached hydrogens (tertiary/aromatic N) is 2. The average Bonchev–Trinajstić information content (AvgIpc) is 3.01. The standard InChI is InChI=1S/C15H19N3O3/c1-3-8-17(2)15(20)16-12-6-9-18(10-7-12)14(19)13-5-4-11-21-13/h1,4-5,11-12H,6-10H2,2H3,(H,16,20). The van der Waals surface area contributed by atoms with E-state index in [4.69, 9.17) is 10.8 Å². The number of amides is 3. The van der Waals surface area contributed by atoms with Crippen LogP contribution < -0.4 is 5.32 Å². The fraction of sp³-hybridized carbons (Fsp3) is 0.467. The highest BCUT2D eigenvalue weighted by atomic mass is 16.3. The summed E-state index contributed by atoms with van der Waals surface area (Å²) in [5.41, 5.74) is 0. The molecule has 0 aliphatic carbocycles. The van der Waals surface area contributed by atoms with Gasteiger partial charge >= 0.3 is 6.03 Å². The van der Waals surface area contributed by atoms with Crippen LogP contribution in [0.3, 0.4) is 0 Å². The molecular weight excluding hydrogens is 270 g/mol. The molecule has 0 radical (unpaired) electrons. The molecule has 1 aliphatic rings. The van der Waals surface area contributed by atoms with Crippen LogP contribution in [0.5, 0.6) is 0 Å². The molecule has 1 aliphatic heterocycles. The highest BCUT2D eigenvalue weighted by Gasteiger charge is 2.26. The van der Waals surface area contributed by atoms with Gasteiger partial charge in [0, 0.05) is 26.2 Å². The predicted molar refractivity (Wildman–Crippen MR) is 77.6 cm³/mol. The minimum Gasteiger partial charge on any atom is -0.459 e. The molecule has 112 valence electrons. The topological polar surface area (TPSA) is 65.8 Å². The first kappa shape index (κ1) is 15.0. The van der Waals surface area contributed by atoms with Crippen LogP contribution in [-0.4, -0.2) is 54.5 Å². The Labute approximate surface area is 124 Å². The van der Waals surface area contributed by atoms with E-state index >= 15 is 0 Å². The summed E-state index contributed by atoms with van der Waals surface area (Å²) in [6, 6.07) is 3.24. The van der Waals surface area contributed by atoms with Gasteiger partial charge in [-0.05, 0) is 25.0 Å². The lowest BCUT2D eigenvalue weighted by Gasteiger charge is -2.32. The van der Waals surface area contributed by atoms with Crippen molar-refractivity contribution >= 4 is 11.9 Å². The van der Waals surface area contributed by atoms with Gasteiger partial charge < -0.3 is 19.5 Å². The summed E-state index contributed by atoms with van der Waals surface area (Å²) in [4.78, 5) is 27.1. The highest BCUT2D eigenvalue weighted by molar-refractivity contribution is 5.91. The number of hydrogen-bond donors (Lipinski definition) is 1. The lowest BCUT2D eigenvalue weighted by molar-refractivity contribution is 0.0675. The summed E-state index contributed by atoms with van der Waals surface area (Å²) in [5, 5.41) is 2.93.